The first-order chi connectivity index (χ1) is 5.65. The Hall–Kier alpha value is -0.680. The van der Waals surface area contributed by atoms with Gasteiger partial charge in [0.15, 0.2) is 5.82 Å². The number of nitrogens with zero attached hydrogens (tertiary/aromatic N) is 3. The molecule has 4 nitrogen and oxygen atoms in total. The predicted molar refractivity (Wildman–Crippen MR) is 51.1 cm³/mol. The van der Waals surface area contributed by atoms with Crippen LogP contribution in [0.2, 0.25) is 5.02 Å². The average molecular weight is 250 g/mol. The van der Waals surface area contributed by atoms with Gasteiger partial charge in [0.2, 0.25) is 0 Å². The number of hydrogen-bond donors (Lipinski definition) is 0. The van der Waals surface area contributed by atoms with Gasteiger partial charge >= 0.3 is 0 Å². The van der Waals surface area contributed by atoms with Crippen molar-refractivity contribution in [1.82, 2.24) is 4.98 Å². The summed E-state index contributed by atoms with van der Waals surface area (Å²) >= 11 is 8.89. The van der Waals surface area contributed by atoms with Crippen LogP contribution in [0.3, 0.4) is 0 Å². The van der Waals surface area contributed by atoms with E-state index in [9.17, 15) is 4.91 Å². The topological polar surface area (TPSA) is 45.6 Å². The van der Waals surface area contributed by atoms with Gasteiger partial charge in [-0.3, -0.25) is 0 Å². The Morgan fingerprint density at radius 2 is 2.42 bits per heavy atom. The molecule has 0 fully saturated rings. The smallest absolute Gasteiger partial charge is 0.152 e. The fourth-order valence-electron chi connectivity index (χ4n) is 0.623. The number of rotatable bonds is 2. The highest BCUT2D eigenvalue weighted by molar-refractivity contribution is 9.10. The average Bonchev–Trinajstić information content (AvgIpc) is 2.08. The van der Waals surface area contributed by atoms with Gasteiger partial charge in [-0.1, -0.05) is 11.6 Å². The van der Waals surface area contributed by atoms with Crippen molar-refractivity contribution in [2.24, 2.45) is 5.29 Å². The molecule has 0 aliphatic rings. The molecule has 0 N–H and O–H groups in total. The lowest BCUT2D eigenvalue weighted by molar-refractivity contribution is 0.965. The van der Waals surface area contributed by atoms with E-state index in [1.807, 2.05) is 0 Å². The van der Waals surface area contributed by atoms with Crippen LogP contribution in [0.4, 0.5) is 5.82 Å². The molecule has 64 valence electrons. The summed E-state index contributed by atoms with van der Waals surface area (Å²) in [5.41, 5.74) is 0. The molecule has 12 heavy (non-hydrogen) atoms. The van der Waals surface area contributed by atoms with E-state index >= 15 is 0 Å². The monoisotopic (exact) mass is 249 g/mol. The van der Waals surface area contributed by atoms with E-state index in [4.69, 9.17) is 11.6 Å². The van der Waals surface area contributed by atoms with E-state index in [1.54, 1.807) is 6.07 Å². The number of pyridine rings is 1. The number of halogens is 2. The predicted octanol–water partition coefficient (Wildman–Crippen LogP) is 2.62. The molecule has 0 saturated heterocycles. The Kier molecular flexibility index (Phi) is 2.99. The highest BCUT2D eigenvalue weighted by atomic mass is 79.9. The van der Waals surface area contributed by atoms with Crippen LogP contribution in [-0.2, 0) is 0 Å². The molecule has 1 heterocycles. The third-order valence-corrected chi connectivity index (χ3v) is 2.43. The van der Waals surface area contributed by atoms with Gasteiger partial charge in [0, 0.05) is 17.7 Å². The van der Waals surface area contributed by atoms with Gasteiger partial charge in [-0.25, -0.2) is 9.99 Å². The van der Waals surface area contributed by atoms with Crippen molar-refractivity contribution in [3.05, 3.63) is 26.7 Å². The molecular formula is C6H5BrClN3O. The summed E-state index contributed by atoms with van der Waals surface area (Å²) in [6.45, 7) is 0. The van der Waals surface area contributed by atoms with Crippen LogP contribution in [0.15, 0.2) is 22.0 Å². The highest BCUT2D eigenvalue weighted by Gasteiger charge is 2.04. The molecule has 1 rings (SSSR count). The second-order valence-corrected chi connectivity index (χ2v) is 3.32. The van der Waals surface area contributed by atoms with Crippen molar-refractivity contribution in [3.63, 3.8) is 0 Å². The van der Waals surface area contributed by atoms with Gasteiger partial charge in [-0.05, 0) is 22.0 Å². The van der Waals surface area contributed by atoms with Crippen LogP contribution >= 0.6 is 27.5 Å². The maximum Gasteiger partial charge on any atom is 0.152 e. The van der Waals surface area contributed by atoms with Crippen LogP contribution in [0.25, 0.3) is 0 Å². The van der Waals surface area contributed by atoms with Gasteiger partial charge in [0.25, 0.3) is 0 Å². The first kappa shape index (κ1) is 9.41. The summed E-state index contributed by atoms with van der Waals surface area (Å²) in [5, 5.41) is 4.30. The molecule has 0 saturated carbocycles. The number of aromatic nitrogens is 1. The molecule has 0 spiro atoms. The van der Waals surface area contributed by atoms with E-state index < -0.39 is 0 Å². The number of hydrogen-bond acceptors (Lipinski definition) is 3. The lowest BCUT2D eigenvalue weighted by Gasteiger charge is -2.07. The minimum absolute atomic E-state index is 0.446. The molecule has 0 unspecified atom stereocenters. The van der Waals surface area contributed by atoms with Crippen LogP contribution in [0, 0.1) is 4.91 Å². The van der Waals surface area contributed by atoms with E-state index in [-0.39, 0.29) is 0 Å². The summed E-state index contributed by atoms with van der Waals surface area (Å²) < 4.78 is 0.685. The van der Waals surface area contributed by atoms with Gasteiger partial charge in [0.1, 0.15) is 0 Å². The summed E-state index contributed by atoms with van der Waals surface area (Å²) in [5.74, 6) is 0.446. The molecule has 0 aliphatic carbocycles. The second kappa shape index (κ2) is 3.82. The number of anilines is 1. The van der Waals surface area contributed by atoms with Crippen LogP contribution in [-0.4, -0.2) is 12.0 Å². The van der Waals surface area contributed by atoms with E-state index in [0.717, 1.165) is 5.01 Å². The fraction of sp³-hybridized carbons (Fsp3) is 0.167. The zero-order valence-corrected chi connectivity index (χ0v) is 8.50. The zero-order chi connectivity index (χ0) is 9.14. The second-order valence-electron chi connectivity index (χ2n) is 2.06. The fourth-order valence-corrected chi connectivity index (χ4v) is 1.03. The van der Waals surface area contributed by atoms with Crippen molar-refractivity contribution >= 4 is 33.3 Å². The SMILES string of the molecule is CN(N=O)c1cc(Br)c(Cl)cn1. The van der Waals surface area contributed by atoms with Crippen LogP contribution in [0.1, 0.15) is 0 Å². The normalized spacial score (nSPS) is 9.58. The molecular weight excluding hydrogens is 245 g/mol. The van der Waals surface area contributed by atoms with Crippen molar-refractivity contribution in [3.8, 4) is 0 Å². The van der Waals surface area contributed by atoms with Crippen LogP contribution in [0.5, 0.6) is 0 Å². The summed E-state index contributed by atoms with van der Waals surface area (Å²) in [4.78, 5) is 14.0. The van der Waals surface area contributed by atoms with E-state index in [1.165, 1.54) is 13.2 Å². The minimum atomic E-state index is 0.446. The first-order valence-corrected chi connectivity index (χ1v) is 4.20. The standard InChI is InChI=1S/C6H5BrClN3O/c1-11(10-12)6-2-4(7)5(8)3-9-6/h2-3H,1H3. The van der Waals surface area contributed by atoms with E-state index in [2.05, 4.69) is 26.2 Å². The van der Waals surface area contributed by atoms with Crippen LogP contribution < -0.4 is 5.01 Å². The largest absolute Gasteiger partial charge is 0.236 e. The Balaban J connectivity index is 3.04. The molecule has 1 aromatic heterocycles. The molecule has 0 aromatic carbocycles. The Morgan fingerprint density at radius 1 is 1.75 bits per heavy atom. The van der Waals surface area contributed by atoms with Gasteiger partial charge in [-0.15, -0.1) is 4.91 Å². The first-order valence-electron chi connectivity index (χ1n) is 3.03. The van der Waals surface area contributed by atoms with Gasteiger partial charge < -0.3 is 0 Å². The molecule has 0 bridgehead atoms. The highest BCUT2D eigenvalue weighted by Crippen LogP contribution is 2.24. The Bertz CT molecular complexity index is 307. The van der Waals surface area contributed by atoms with E-state index in [0.29, 0.717) is 15.3 Å². The van der Waals surface area contributed by atoms with Gasteiger partial charge in [0.05, 0.1) is 10.3 Å². The van der Waals surface area contributed by atoms with Crippen molar-refractivity contribution < 1.29 is 0 Å². The third-order valence-electron chi connectivity index (χ3n) is 1.25. The summed E-state index contributed by atoms with van der Waals surface area (Å²) in [7, 11) is 1.51. The molecule has 0 radical (unpaired) electrons. The van der Waals surface area contributed by atoms with Crippen molar-refractivity contribution in [1.29, 1.82) is 0 Å². The quantitative estimate of drug-likeness (QED) is 0.599. The maximum absolute atomic E-state index is 10.1. The van der Waals surface area contributed by atoms with Crippen molar-refractivity contribution in [2.45, 2.75) is 0 Å². The Morgan fingerprint density at radius 3 is 2.92 bits per heavy atom. The zero-order valence-electron chi connectivity index (χ0n) is 6.16. The molecule has 0 amide bonds. The summed E-state index contributed by atoms with van der Waals surface area (Å²) in [6, 6.07) is 1.61. The lowest BCUT2D eigenvalue weighted by Crippen LogP contribution is -2.08. The molecule has 6 heteroatoms. The summed E-state index contributed by atoms with van der Waals surface area (Å²) in [6.07, 6.45) is 1.45. The lowest BCUT2D eigenvalue weighted by atomic mass is 10.4. The van der Waals surface area contributed by atoms with Gasteiger partial charge in [-0.2, -0.15) is 0 Å². The molecule has 0 aliphatic heterocycles. The molecule has 1 aromatic rings. The molecule has 0 atom stereocenters. The third kappa shape index (κ3) is 1.92. The van der Waals surface area contributed by atoms with Crippen molar-refractivity contribution in [2.75, 3.05) is 12.1 Å². The minimum Gasteiger partial charge on any atom is -0.236 e. The number of nitroso groups, excluding NO2 is 1. The maximum atomic E-state index is 10.1. The Labute approximate surface area is 82.6 Å².